The number of pyridine rings is 1. The van der Waals surface area contributed by atoms with E-state index in [2.05, 4.69) is 247 Å². The van der Waals surface area contributed by atoms with Gasteiger partial charge in [-0.2, -0.15) is 5.56 Å². The molecule has 0 N–H and O–H groups in total. The number of rotatable bonds is 7. The van der Waals surface area contributed by atoms with Crippen LogP contribution in [0.1, 0.15) is 26.3 Å². The van der Waals surface area contributed by atoms with Gasteiger partial charge in [0.25, 0.3) is 6.33 Å². The van der Waals surface area contributed by atoms with Gasteiger partial charge in [-0.25, -0.2) is 4.98 Å². The van der Waals surface area contributed by atoms with E-state index in [1.807, 2.05) is 18.3 Å². The number of fused-ring (bicyclic) bond motifs is 7. The molecule has 0 atom stereocenters. The molecule has 0 radical (unpaired) electrons. The second-order valence-corrected chi connectivity index (χ2v) is 18.7. The molecule has 13 rings (SSSR count). The zero-order chi connectivity index (χ0) is 46.2. The van der Waals surface area contributed by atoms with Crippen molar-refractivity contribution in [1.82, 2.24) is 14.1 Å². The molecule has 4 heterocycles. The summed E-state index contributed by atoms with van der Waals surface area (Å²) in [6.45, 7) is 6.72. The van der Waals surface area contributed by atoms with E-state index in [4.69, 9.17) is 9.40 Å². The van der Waals surface area contributed by atoms with Crippen LogP contribution >= 0.6 is 0 Å². The van der Waals surface area contributed by atoms with E-state index in [0.717, 1.165) is 116 Å². The summed E-state index contributed by atoms with van der Waals surface area (Å²) < 4.78 is 13.5. The Morgan fingerprint density at radius 2 is 1.19 bits per heavy atom. The average molecular weight is 1080 g/mol. The maximum atomic E-state index is 6.89. The quantitative estimate of drug-likeness (QED) is 0.118. The first-order chi connectivity index (χ1) is 33.9. The van der Waals surface area contributed by atoms with Crippen LogP contribution in [0.3, 0.4) is 0 Å². The molecule has 0 spiro atoms. The standard InChI is InChI=1S/C64H44N4O.Pt/c1-64(2,3)46-36-37-65-60(40-46)68-55-28-12-10-24-51(55)52-33-32-44(39-58(52)68)48-34-35-54-53-25-11-15-31-59(53)69-63(54)61(48)45-22-16-23-47(38-45)66-41-67(57-30-14-13-29-56(57)66)62-49(42-18-6-4-7-19-42)26-17-27-50(62)43-20-8-5-9-21-43;/h4-37,40H,1-3H3;/q-2;. The molecule has 0 aliphatic heterocycles. The number of hydrogen-bond acceptors (Lipinski definition) is 2. The van der Waals surface area contributed by atoms with E-state index in [1.54, 1.807) is 0 Å². The number of hydrogen-bond donors (Lipinski definition) is 0. The number of imidazole rings is 1. The Bertz CT molecular complexity index is 4060. The Kier molecular flexibility index (Phi) is 10.6. The van der Waals surface area contributed by atoms with E-state index >= 15 is 0 Å². The number of furan rings is 1. The predicted octanol–water partition coefficient (Wildman–Crippen LogP) is 15.7. The van der Waals surface area contributed by atoms with Gasteiger partial charge in [0, 0.05) is 43.6 Å². The fourth-order valence-electron chi connectivity index (χ4n) is 10.2. The van der Waals surface area contributed by atoms with Crippen molar-refractivity contribution in [1.29, 1.82) is 0 Å². The molecule has 5 nitrogen and oxygen atoms in total. The molecule has 0 aliphatic carbocycles. The van der Waals surface area contributed by atoms with Crippen molar-refractivity contribution >= 4 is 54.8 Å². The largest absolute Gasteiger partial charge is 0.466 e. The van der Waals surface area contributed by atoms with Crippen molar-refractivity contribution in [2.45, 2.75) is 26.2 Å². The molecule has 13 aromatic rings. The third-order valence-electron chi connectivity index (χ3n) is 13.5. The first kappa shape index (κ1) is 43.2. The van der Waals surface area contributed by atoms with Crippen LogP contribution in [0.15, 0.2) is 217 Å². The normalized spacial score (nSPS) is 11.8. The first-order valence-electron chi connectivity index (χ1n) is 23.5. The molecule has 0 saturated heterocycles. The summed E-state index contributed by atoms with van der Waals surface area (Å²) in [6, 6.07) is 80.6. The average Bonchev–Trinajstić information content (AvgIpc) is 4.08. The van der Waals surface area contributed by atoms with Crippen molar-refractivity contribution in [3.63, 3.8) is 0 Å². The molecule has 0 saturated carbocycles. The van der Waals surface area contributed by atoms with E-state index in [9.17, 15) is 0 Å². The molecule has 0 unspecified atom stereocenters. The van der Waals surface area contributed by atoms with Gasteiger partial charge in [-0.3, -0.25) is 4.57 Å². The summed E-state index contributed by atoms with van der Waals surface area (Å²) in [5.41, 5.74) is 17.1. The Morgan fingerprint density at radius 3 is 1.94 bits per heavy atom. The van der Waals surface area contributed by atoms with Crippen molar-refractivity contribution < 1.29 is 30.0 Å². The van der Waals surface area contributed by atoms with Gasteiger partial charge in [0.1, 0.15) is 11.4 Å². The monoisotopic (exact) mass is 1080 g/mol. The van der Waals surface area contributed by atoms with Crippen LogP contribution in [0.25, 0.3) is 116 Å². The summed E-state index contributed by atoms with van der Waals surface area (Å²) in [7, 11) is 0. The second kappa shape index (κ2) is 17.1. The van der Waals surface area contributed by atoms with Gasteiger partial charge in [-0.05, 0) is 74.1 Å². The van der Waals surface area contributed by atoms with Gasteiger partial charge in [-0.15, -0.1) is 59.7 Å². The fourth-order valence-corrected chi connectivity index (χ4v) is 10.2. The topological polar surface area (TPSA) is 39.8 Å². The number of para-hydroxylation sites is 5. The fraction of sp³-hybridized carbons (Fsp3) is 0.0625. The van der Waals surface area contributed by atoms with E-state index in [1.165, 1.54) is 5.56 Å². The summed E-state index contributed by atoms with van der Waals surface area (Å²) in [6.07, 6.45) is 5.78. The van der Waals surface area contributed by atoms with Crippen LogP contribution in [0.2, 0.25) is 0 Å². The molecule has 9 aromatic carbocycles. The van der Waals surface area contributed by atoms with Gasteiger partial charge >= 0.3 is 0 Å². The maximum absolute atomic E-state index is 6.89. The molecule has 6 heteroatoms. The minimum absolute atomic E-state index is 0. The van der Waals surface area contributed by atoms with E-state index in [0.29, 0.717) is 0 Å². The Morgan fingerprint density at radius 1 is 0.529 bits per heavy atom. The predicted molar refractivity (Wildman–Crippen MR) is 281 cm³/mol. The van der Waals surface area contributed by atoms with Gasteiger partial charge in [-0.1, -0.05) is 177 Å². The molecule has 0 amide bonds. The number of aromatic nitrogens is 4. The van der Waals surface area contributed by atoms with Crippen molar-refractivity contribution in [3.05, 3.63) is 236 Å². The first-order valence-corrected chi connectivity index (χ1v) is 23.5. The van der Waals surface area contributed by atoms with Crippen LogP contribution < -0.4 is 4.57 Å². The van der Waals surface area contributed by atoms with Crippen LogP contribution in [0.4, 0.5) is 0 Å². The zero-order valence-electron chi connectivity index (χ0n) is 38.7. The maximum Gasteiger partial charge on any atom is 0.268 e. The molecule has 0 bridgehead atoms. The Hall–Kier alpha value is -8.11. The van der Waals surface area contributed by atoms with E-state index < -0.39 is 0 Å². The van der Waals surface area contributed by atoms with Crippen molar-refractivity contribution in [3.8, 4) is 61.7 Å². The summed E-state index contributed by atoms with van der Waals surface area (Å²) in [4.78, 5) is 4.97. The van der Waals surface area contributed by atoms with Crippen LogP contribution in [0, 0.1) is 18.5 Å². The zero-order valence-corrected chi connectivity index (χ0v) is 41.0. The minimum Gasteiger partial charge on any atom is -0.466 e. The molecule has 70 heavy (non-hydrogen) atoms. The molecule has 0 fully saturated rings. The minimum atomic E-state index is -0.0457. The Balaban J connectivity index is 0.00000505. The molecular formula is C64H44N4OPt-2. The van der Waals surface area contributed by atoms with Crippen LogP contribution in [-0.2, 0) is 26.5 Å². The summed E-state index contributed by atoms with van der Waals surface area (Å²) >= 11 is 0. The summed E-state index contributed by atoms with van der Waals surface area (Å²) in [5, 5.41) is 4.38. The Labute approximate surface area is 420 Å². The molecule has 338 valence electrons. The van der Waals surface area contributed by atoms with Gasteiger partial charge in [0.2, 0.25) is 0 Å². The molecular weight excluding hydrogens is 1040 g/mol. The van der Waals surface area contributed by atoms with Gasteiger partial charge in [0.05, 0.1) is 22.3 Å². The van der Waals surface area contributed by atoms with Crippen molar-refractivity contribution in [2.75, 3.05) is 0 Å². The molecule has 0 aliphatic rings. The smallest absolute Gasteiger partial charge is 0.268 e. The number of benzene rings is 9. The third kappa shape index (κ3) is 7.11. The van der Waals surface area contributed by atoms with Gasteiger partial charge in [0.15, 0.2) is 0 Å². The summed E-state index contributed by atoms with van der Waals surface area (Å²) in [5.74, 6) is 0.866. The third-order valence-corrected chi connectivity index (χ3v) is 13.5. The second-order valence-electron chi connectivity index (χ2n) is 18.7. The van der Waals surface area contributed by atoms with Crippen LogP contribution in [-0.4, -0.2) is 14.1 Å². The SMILES string of the molecule is CC(C)(C)c1ccnc(-n2c3[c-]c(-c4ccc5c(oc6ccccc65)c4-c4[c-]c(-n5[c-][n+](-c6c(-c7ccccc7)cccc6-c6ccccc6)c6ccccc65)ccc4)ccc3c3ccccc32)c1.[Pt]. The van der Waals surface area contributed by atoms with E-state index in [-0.39, 0.29) is 26.5 Å². The molecule has 4 aromatic heterocycles. The van der Waals surface area contributed by atoms with Crippen molar-refractivity contribution in [2.24, 2.45) is 0 Å². The number of nitrogens with zero attached hydrogens (tertiary/aromatic N) is 4. The van der Waals surface area contributed by atoms with Gasteiger partial charge < -0.3 is 13.6 Å². The van der Waals surface area contributed by atoms with Crippen LogP contribution in [0.5, 0.6) is 0 Å².